The molecule has 0 aliphatic carbocycles. The summed E-state index contributed by atoms with van der Waals surface area (Å²) in [5, 5.41) is 6.36. The van der Waals surface area contributed by atoms with Crippen molar-refractivity contribution in [3.8, 4) is 0 Å². The van der Waals surface area contributed by atoms with Crippen LogP contribution in [0, 0.1) is 6.92 Å². The quantitative estimate of drug-likeness (QED) is 0.607. The van der Waals surface area contributed by atoms with Crippen LogP contribution in [0.4, 0.5) is 5.82 Å². The average molecular weight is 324 g/mol. The second-order valence-electron chi connectivity index (χ2n) is 5.64. The molecule has 0 aliphatic heterocycles. The van der Waals surface area contributed by atoms with Gasteiger partial charge in [0.25, 0.3) is 0 Å². The van der Waals surface area contributed by atoms with Gasteiger partial charge in [0, 0.05) is 19.0 Å². The molecule has 7 nitrogen and oxygen atoms in total. The maximum atomic E-state index is 12.3. The lowest BCUT2D eigenvalue weighted by atomic mass is 10.1. The van der Waals surface area contributed by atoms with Crippen molar-refractivity contribution in [2.24, 2.45) is 5.73 Å². The van der Waals surface area contributed by atoms with Crippen LogP contribution in [0.5, 0.6) is 0 Å². The molecule has 0 radical (unpaired) electrons. The van der Waals surface area contributed by atoms with E-state index in [0.29, 0.717) is 31.1 Å². The molecule has 0 spiro atoms. The molecule has 0 bridgehead atoms. The summed E-state index contributed by atoms with van der Waals surface area (Å²) in [6, 6.07) is 1.64. The van der Waals surface area contributed by atoms with E-state index in [9.17, 15) is 9.59 Å². The van der Waals surface area contributed by atoms with Gasteiger partial charge in [0.15, 0.2) is 5.82 Å². The number of carbonyl (C=O) groups excluding carboxylic acids is 2. The number of carbonyl (C=O) groups is 2. The first-order valence-corrected chi connectivity index (χ1v) is 8.27. The Morgan fingerprint density at radius 1 is 1.30 bits per heavy atom. The van der Waals surface area contributed by atoms with Crippen LogP contribution < -0.4 is 11.1 Å². The van der Waals surface area contributed by atoms with Crippen LogP contribution in [-0.2, 0) is 9.59 Å². The van der Waals surface area contributed by atoms with E-state index in [2.05, 4.69) is 17.4 Å². The van der Waals surface area contributed by atoms with Crippen LogP contribution >= 0.6 is 0 Å². The van der Waals surface area contributed by atoms with Gasteiger partial charge < -0.3 is 20.5 Å². The normalized spacial score (nSPS) is 10.6. The molecule has 0 aliphatic rings. The molecule has 1 rings (SSSR count). The number of unbranched alkanes of at least 4 members (excludes halogenated alkanes) is 3. The zero-order valence-electron chi connectivity index (χ0n) is 14.1. The van der Waals surface area contributed by atoms with Gasteiger partial charge in [0.1, 0.15) is 5.76 Å². The van der Waals surface area contributed by atoms with Crippen molar-refractivity contribution in [3.05, 3.63) is 11.8 Å². The smallest absolute Gasteiger partial charge is 0.245 e. The summed E-state index contributed by atoms with van der Waals surface area (Å²) < 4.78 is 4.90. The number of rotatable bonds is 11. The molecular formula is C16H28N4O3. The minimum Gasteiger partial charge on any atom is -0.360 e. The molecule has 7 heteroatoms. The Kier molecular flexibility index (Phi) is 8.97. The predicted molar refractivity (Wildman–Crippen MR) is 88.9 cm³/mol. The highest BCUT2D eigenvalue weighted by Crippen LogP contribution is 2.08. The van der Waals surface area contributed by atoms with E-state index in [1.807, 2.05) is 0 Å². The van der Waals surface area contributed by atoms with Gasteiger partial charge in [-0.2, -0.15) is 0 Å². The highest BCUT2D eigenvalue weighted by atomic mass is 16.5. The van der Waals surface area contributed by atoms with Gasteiger partial charge in [-0.25, -0.2) is 0 Å². The third-order valence-electron chi connectivity index (χ3n) is 3.46. The number of hydrogen-bond donors (Lipinski definition) is 2. The average Bonchev–Trinajstić information content (AvgIpc) is 2.92. The van der Waals surface area contributed by atoms with E-state index in [0.717, 1.165) is 32.1 Å². The van der Waals surface area contributed by atoms with E-state index >= 15 is 0 Å². The second-order valence-corrected chi connectivity index (χ2v) is 5.64. The lowest BCUT2D eigenvalue weighted by Crippen LogP contribution is -2.38. The van der Waals surface area contributed by atoms with Gasteiger partial charge >= 0.3 is 0 Å². The Morgan fingerprint density at radius 2 is 2.09 bits per heavy atom. The SMILES string of the molecule is CCCCN(CC(=O)Nc1cc(C)on1)C(=O)CCCCCN. The summed E-state index contributed by atoms with van der Waals surface area (Å²) in [5.41, 5.74) is 5.45. The first kappa shape index (κ1) is 19.2. The minimum atomic E-state index is -0.260. The van der Waals surface area contributed by atoms with Crippen LogP contribution in [0.25, 0.3) is 0 Å². The van der Waals surface area contributed by atoms with E-state index in [1.54, 1.807) is 17.9 Å². The Bertz CT molecular complexity index is 487. The van der Waals surface area contributed by atoms with Gasteiger partial charge in [-0.1, -0.05) is 24.9 Å². The van der Waals surface area contributed by atoms with Gasteiger partial charge in [-0.3, -0.25) is 9.59 Å². The number of amides is 2. The number of aromatic nitrogens is 1. The number of nitrogens with two attached hydrogens (primary N) is 1. The molecule has 0 saturated heterocycles. The summed E-state index contributed by atoms with van der Waals surface area (Å²) in [6.45, 7) is 5.09. The van der Waals surface area contributed by atoms with Gasteiger partial charge in [-0.05, 0) is 32.7 Å². The predicted octanol–water partition coefficient (Wildman–Crippen LogP) is 2.07. The molecule has 23 heavy (non-hydrogen) atoms. The molecule has 2 amide bonds. The fourth-order valence-corrected chi connectivity index (χ4v) is 2.18. The molecule has 0 unspecified atom stereocenters. The third kappa shape index (κ3) is 7.78. The summed E-state index contributed by atoms with van der Waals surface area (Å²) >= 11 is 0. The molecule has 130 valence electrons. The molecule has 1 aromatic rings. The Morgan fingerprint density at radius 3 is 2.70 bits per heavy atom. The fraction of sp³-hybridized carbons (Fsp3) is 0.688. The summed E-state index contributed by atoms with van der Waals surface area (Å²) in [4.78, 5) is 26.0. The van der Waals surface area contributed by atoms with Crippen molar-refractivity contribution in [1.29, 1.82) is 0 Å². The highest BCUT2D eigenvalue weighted by molar-refractivity contribution is 5.93. The lowest BCUT2D eigenvalue weighted by Gasteiger charge is -2.21. The van der Waals surface area contributed by atoms with Crippen molar-refractivity contribution in [1.82, 2.24) is 10.1 Å². The fourth-order valence-electron chi connectivity index (χ4n) is 2.18. The van der Waals surface area contributed by atoms with Crippen LogP contribution in [0.15, 0.2) is 10.6 Å². The van der Waals surface area contributed by atoms with Gasteiger partial charge in [0.05, 0.1) is 6.54 Å². The summed E-state index contributed by atoms with van der Waals surface area (Å²) in [7, 11) is 0. The Balaban J connectivity index is 2.48. The highest BCUT2D eigenvalue weighted by Gasteiger charge is 2.17. The summed E-state index contributed by atoms with van der Waals surface area (Å²) in [6.07, 6.45) is 4.98. The third-order valence-corrected chi connectivity index (χ3v) is 3.46. The number of nitrogens with one attached hydrogen (secondary N) is 1. The number of nitrogens with zero attached hydrogens (tertiary/aromatic N) is 2. The first-order chi connectivity index (χ1) is 11.1. The monoisotopic (exact) mass is 324 g/mol. The number of hydrogen-bond acceptors (Lipinski definition) is 5. The molecule has 0 aromatic carbocycles. The van der Waals surface area contributed by atoms with Crippen molar-refractivity contribution < 1.29 is 14.1 Å². The largest absolute Gasteiger partial charge is 0.360 e. The molecule has 1 aromatic heterocycles. The lowest BCUT2D eigenvalue weighted by molar-refractivity contribution is -0.134. The molecule has 0 fully saturated rings. The molecule has 0 saturated carbocycles. The van der Waals surface area contributed by atoms with Crippen molar-refractivity contribution >= 4 is 17.6 Å². The van der Waals surface area contributed by atoms with Crippen LogP contribution in [0.1, 0.15) is 51.2 Å². The number of anilines is 1. The van der Waals surface area contributed by atoms with Crippen molar-refractivity contribution in [3.63, 3.8) is 0 Å². The van der Waals surface area contributed by atoms with E-state index in [1.165, 1.54) is 0 Å². The van der Waals surface area contributed by atoms with Gasteiger partial charge in [-0.15, -0.1) is 0 Å². The minimum absolute atomic E-state index is 0.0157. The van der Waals surface area contributed by atoms with Crippen LogP contribution in [0.3, 0.4) is 0 Å². The summed E-state index contributed by atoms with van der Waals surface area (Å²) in [5.74, 6) is 0.754. The van der Waals surface area contributed by atoms with E-state index < -0.39 is 0 Å². The Hall–Kier alpha value is -1.89. The maximum Gasteiger partial charge on any atom is 0.245 e. The van der Waals surface area contributed by atoms with Gasteiger partial charge in [0.2, 0.25) is 11.8 Å². The maximum absolute atomic E-state index is 12.3. The standard InChI is InChI=1S/C16H28N4O3/c1-3-4-10-20(16(22)8-6-5-7-9-17)12-15(21)18-14-11-13(2)23-19-14/h11H,3-10,12,17H2,1-2H3,(H,18,19,21). The molecule has 1 heterocycles. The van der Waals surface area contributed by atoms with Crippen molar-refractivity contribution in [2.75, 3.05) is 25.0 Å². The zero-order valence-corrected chi connectivity index (χ0v) is 14.1. The Labute approximate surface area is 137 Å². The first-order valence-electron chi connectivity index (χ1n) is 8.27. The topological polar surface area (TPSA) is 101 Å². The molecule has 3 N–H and O–H groups in total. The van der Waals surface area contributed by atoms with Crippen LogP contribution in [-0.4, -0.2) is 41.5 Å². The van der Waals surface area contributed by atoms with Crippen LogP contribution in [0.2, 0.25) is 0 Å². The van der Waals surface area contributed by atoms with E-state index in [4.69, 9.17) is 10.3 Å². The molecular weight excluding hydrogens is 296 g/mol. The van der Waals surface area contributed by atoms with E-state index in [-0.39, 0.29) is 18.4 Å². The zero-order chi connectivity index (χ0) is 17.1. The second kappa shape index (κ2) is 10.8. The van der Waals surface area contributed by atoms with Crippen molar-refractivity contribution in [2.45, 2.75) is 52.4 Å². The molecule has 0 atom stereocenters. The number of aryl methyl sites for hydroxylation is 1.